The third-order valence-electron chi connectivity index (χ3n) is 3.49. The van der Waals surface area contributed by atoms with Crippen molar-refractivity contribution >= 4 is 28.8 Å². The second-order valence-electron chi connectivity index (χ2n) is 5.26. The molecule has 1 aromatic carbocycles. The first kappa shape index (κ1) is 17.2. The van der Waals surface area contributed by atoms with Crippen LogP contribution in [0.4, 0.5) is 0 Å². The van der Waals surface area contributed by atoms with Crippen LogP contribution < -0.4 is 5.56 Å². The normalized spacial score (nSPS) is 10.9. The SMILES string of the molecule is CCOC(=O)CCCSc1nc2c(cnn2-c2ccccc2)c(=O)[nH]1. The van der Waals surface area contributed by atoms with Crippen LogP contribution in [-0.2, 0) is 9.53 Å². The molecular weight excluding hydrogens is 340 g/mol. The van der Waals surface area contributed by atoms with Crippen LogP contribution in [0.2, 0.25) is 0 Å². The van der Waals surface area contributed by atoms with Gasteiger partial charge in [0, 0.05) is 12.2 Å². The number of para-hydroxylation sites is 1. The molecule has 2 aromatic heterocycles. The Bertz CT molecular complexity index is 921. The third kappa shape index (κ3) is 4.08. The molecule has 8 heteroatoms. The van der Waals surface area contributed by atoms with Crippen LogP contribution >= 0.6 is 11.8 Å². The number of hydrogen-bond donors (Lipinski definition) is 1. The molecule has 0 aliphatic rings. The van der Waals surface area contributed by atoms with Crippen molar-refractivity contribution in [1.82, 2.24) is 19.7 Å². The van der Waals surface area contributed by atoms with Gasteiger partial charge in [-0.3, -0.25) is 9.59 Å². The van der Waals surface area contributed by atoms with Crippen molar-refractivity contribution in [2.45, 2.75) is 24.9 Å². The minimum absolute atomic E-state index is 0.206. The molecular formula is C17H18N4O3S. The van der Waals surface area contributed by atoms with E-state index in [1.54, 1.807) is 11.6 Å². The zero-order chi connectivity index (χ0) is 17.6. The number of rotatable bonds is 7. The lowest BCUT2D eigenvalue weighted by Gasteiger charge is -2.04. The largest absolute Gasteiger partial charge is 0.466 e. The molecule has 0 radical (unpaired) electrons. The fourth-order valence-electron chi connectivity index (χ4n) is 2.34. The Balaban J connectivity index is 1.76. The number of benzene rings is 1. The third-order valence-corrected chi connectivity index (χ3v) is 4.45. The summed E-state index contributed by atoms with van der Waals surface area (Å²) in [6.45, 7) is 2.17. The van der Waals surface area contributed by atoms with Crippen molar-refractivity contribution in [3.8, 4) is 5.69 Å². The number of aromatic nitrogens is 4. The molecule has 130 valence electrons. The highest BCUT2D eigenvalue weighted by atomic mass is 32.2. The Labute approximate surface area is 148 Å². The summed E-state index contributed by atoms with van der Waals surface area (Å²) in [5.74, 6) is 0.453. The first-order valence-electron chi connectivity index (χ1n) is 8.01. The number of ether oxygens (including phenoxy) is 1. The number of carbonyl (C=O) groups excluding carboxylic acids is 1. The summed E-state index contributed by atoms with van der Waals surface area (Å²) in [5.41, 5.74) is 1.14. The van der Waals surface area contributed by atoms with Crippen LogP contribution in [0.15, 0.2) is 46.5 Å². The maximum absolute atomic E-state index is 12.2. The van der Waals surface area contributed by atoms with E-state index in [9.17, 15) is 9.59 Å². The van der Waals surface area contributed by atoms with Gasteiger partial charge in [0.05, 0.1) is 18.5 Å². The molecule has 0 saturated heterocycles. The van der Waals surface area contributed by atoms with Crippen LogP contribution in [0.25, 0.3) is 16.7 Å². The van der Waals surface area contributed by atoms with Crippen molar-refractivity contribution in [2.75, 3.05) is 12.4 Å². The standard InChI is InChI=1S/C17H18N4O3S/c1-2-24-14(22)9-6-10-25-17-19-15-13(16(23)20-17)11-18-21(15)12-7-4-3-5-8-12/h3-5,7-8,11H,2,6,9-10H2,1H3,(H,19,20,23). The maximum Gasteiger partial charge on any atom is 0.305 e. The van der Waals surface area contributed by atoms with Crippen molar-refractivity contribution in [2.24, 2.45) is 0 Å². The van der Waals surface area contributed by atoms with E-state index >= 15 is 0 Å². The summed E-state index contributed by atoms with van der Waals surface area (Å²) in [4.78, 5) is 30.8. The number of hydrogen-bond acceptors (Lipinski definition) is 6. The van der Waals surface area contributed by atoms with E-state index in [1.165, 1.54) is 18.0 Å². The molecule has 0 atom stereocenters. The highest BCUT2D eigenvalue weighted by Crippen LogP contribution is 2.18. The molecule has 3 aromatic rings. The zero-order valence-electron chi connectivity index (χ0n) is 13.8. The Morgan fingerprint density at radius 2 is 2.12 bits per heavy atom. The van der Waals surface area contributed by atoms with Gasteiger partial charge >= 0.3 is 5.97 Å². The fourth-order valence-corrected chi connectivity index (χ4v) is 3.14. The summed E-state index contributed by atoms with van der Waals surface area (Å²) in [5, 5.41) is 5.23. The van der Waals surface area contributed by atoms with E-state index in [1.807, 2.05) is 30.3 Å². The molecule has 3 rings (SSSR count). The number of thioether (sulfide) groups is 1. The molecule has 0 amide bonds. The lowest BCUT2D eigenvalue weighted by Crippen LogP contribution is -2.10. The number of fused-ring (bicyclic) bond motifs is 1. The van der Waals surface area contributed by atoms with Crippen molar-refractivity contribution in [1.29, 1.82) is 0 Å². The van der Waals surface area contributed by atoms with E-state index < -0.39 is 0 Å². The Hall–Kier alpha value is -2.61. The van der Waals surface area contributed by atoms with E-state index in [0.29, 0.717) is 41.4 Å². The first-order chi connectivity index (χ1) is 12.2. The van der Waals surface area contributed by atoms with Crippen molar-refractivity contribution in [3.63, 3.8) is 0 Å². The number of nitrogens with zero attached hydrogens (tertiary/aromatic N) is 3. The highest BCUT2D eigenvalue weighted by Gasteiger charge is 2.12. The van der Waals surface area contributed by atoms with Gasteiger partial charge in [-0.1, -0.05) is 30.0 Å². The van der Waals surface area contributed by atoms with Gasteiger partial charge in [-0.2, -0.15) is 5.10 Å². The fraction of sp³-hybridized carbons (Fsp3) is 0.294. The van der Waals surface area contributed by atoms with Crippen LogP contribution in [0, 0.1) is 0 Å². The minimum atomic E-state index is -0.222. The van der Waals surface area contributed by atoms with Gasteiger partial charge in [-0.25, -0.2) is 9.67 Å². The maximum atomic E-state index is 12.2. The summed E-state index contributed by atoms with van der Waals surface area (Å²) in [6, 6.07) is 9.53. The van der Waals surface area contributed by atoms with Crippen LogP contribution in [0.1, 0.15) is 19.8 Å². The monoisotopic (exact) mass is 358 g/mol. The second kappa shape index (κ2) is 7.98. The molecule has 0 spiro atoms. The van der Waals surface area contributed by atoms with Gasteiger partial charge in [-0.05, 0) is 25.5 Å². The van der Waals surface area contributed by atoms with Gasteiger partial charge < -0.3 is 9.72 Å². The molecule has 25 heavy (non-hydrogen) atoms. The van der Waals surface area contributed by atoms with Gasteiger partial charge in [0.25, 0.3) is 5.56 Å². The number of nitrogens with one attached hydrogen (secondary N) is 1. The van der Waals surface area contributed by atoms with Gasteiger partial charge in [0.2, 0.25) is 0 Å². The lowest BCUT2D eigenvalue weighted by atomic mass is 10.3. The molecule has 0 bridgehead atoms. The van der Waals surface area contributed by atoms with Crippen molar-refractivity contribution < 1.29 is 9.53 Å². The molecule has 7 nitrogen and oxygen atoms in total. The zero-order valence-corrected chi connectivity index (χ0v) is 14.6. The quantitative estimate of drug-likeness (QED) is 0.302. The molecule has 0 aliphatic heterocycles. The van der Waals surface area contributed by atoms with E-state index in [0.717, 1.165) is 5.69 Å². The Kier molecular flexibility index (Phi) is 5.49. The van der Waals surface area contributed by atoms with E-state index in [2.05, 4.69) is 15.1 Å². The average Bonchev–Trinajstić information content (AvgIpc) is 3.04. The summed E-state index contributed by atoms with van der Waals surface area (Å²) < 4.78 is 6.54. The number of carbonyl (C=O) groups is 1. The molecule has 0 aliphatic carbocycles. The topological polar surface area (TPSA) is 89.9 Å². The number of esters is 1. The van der Waals surface area contributed by atoms with Crippen LogP contribution in [0.3, 0.4) is 0 Å². The average molecular weight is 358 g/mol. The predicted molar refractivity (Wildman–Crippen MR) is 96.1 cm³/mol. The Morgan fingerprint density at radius 3 is 2.88 bits per heavy atom. The summed E-state index contributed by atoms with van der Waals surface area (Å²) in [6.07, 6.45) is 2.53. The van der Waals surface area contributed by atoms with Gasteiger partial charge in [0.1, 0.15) is 5.39 Å². The molecule has 0 saturated carbocycles. The number of H-pyrrole nitrogens is 1. The molecule has 2 heterocycles. The minimum Gasteiger partial charge on any atom is -0.466 e. The van der Waals surface area contributed by atoms with E-state index in [4.69, 9.17) is 4.74 Å². The molecule has 1 N–H and O–H groups in total. The number of aromatic amines is 1. The summed E-state index contributed by atoms with van der Waals surface area (Å²) >= 11 is 1.40. The molecule has 0 unspecified atom stereocenters. The van der Waals surface area contributed by atoms with Crippen molar-refractivity contribution in [3.05, 3.63) is 46.9 Å². The first-order valence-corrected chi connectivity index (χ1v) is 8.99. The summed E-state index contributed by atoms with van der Waals surface area (Å²) in [7, 11) is 0. The smallest absolute Gasteiger partial charge is 0.305 e. The Morgan fingerprint density at radius 1 is 1.32 bits per heavy atom. The van der Waals surface area contributed by atoms with E-state index in [-0.39, 0.29) is 11.5 Å². The molecule has 0 fully saturated rings. The van der Waals surface area contributed by atoms with Gasteiger partial charge in [-0.15, -0.1) is 0 Å². The lowest BCUT2D eigenvalue weighted by molar-refractivity contribution is -0.143. The second-order valence-corrected chi connectivity index (χ2v) is 6.34. The van der Waals surface area contributed by atoms with Gasteiger partial charge in [0.15, 0.2) is 10.8 Å². The van der Waals surface area contributed by atoms with Crippen LogP contribution in [0.5, 0.6) is 0 Å². The highest BCUT2D eigenvalue weighted by molar-refractivity contribution is 7.99. The predicted octanol–water partition coefficient (Wildman–Crippen LogP) is 2.54. The van der Waals surface area contributed by atoms with Crippen LogP contribution in [-0.4, -0.2) is 38.1 Å².